The Bertz CT molecular complexity index is 955. The average Bonchev–Trinajstić information content (AvgIpc) is 2.88. The average molecular weight is 385 g/mol. The lowest BCUT2D eigenvalue weighted by Crippen LogP contribution is -2.22. The van der Waals surface area contributed by atoms with Gasteiger partial charge in [0.25, 0.3) is 11.6 Å². The number of thioether (sulfide) groups is 1. The molecule has 0 spiro atoms. The molecule has 1 aliphatic heterocycles. The molecule has 0 aliphatic carbocycles. The molecule has 2 aromatic rings. The predicted molar refractivity (Wildman–Crippen MR) is 104 cm³/mol. The molecule has 1 amide bonds. The number of nitro benzene ring substituents is 1. The van der Waals surface area contributed by atoms with Crippen LogP contribution in [-0.4, -0.2) is 31.5 Å². The van der Waals surface area contributed by atoms with E-state index < -0.39 is 10.8 Å². The summed E-state index contributed by atoms with van der Waals surface area (Å²) in [5.74, 6) is -0.285. The quantitative estimate of drug-likeness (QED) is 0.284. The highest BCUT2D eigenvalue weighted by molar-refractivity contribution is 8.26. The number of hydrogen-bond donors (Lipinski definition) is 1. The van der Waals surface area contributed by atoms with E-state index in [2.05, 4.69) is 5.10 Å². The molecule has 1 fully saturated rings. The third-order valence-corrected chi connectivity index (χ3v) is 4.69. The second-order valence-corrected chi connectivity index (χ2v) is 6.82. The van der Waals surface area contributed by atoms with Gasteiger partial charge in [0.15, 0.2) is 4.32 Å². The Morgan fingerprint density at radius 3 is 2.58 bits per heavy atom. The van der Waals surface area contributed by atoms with Crippen molar-refractivity contribution >= 4 is 52.2 Å². The van der Waals surface area contributed by atoms with Gasteiger partial charge in [-0.25, -0.2) is 0 Å². The fourth-order valence-corrected chi connectivity index (χ4v) is 3.34. The summed E-state index contributed by atoms with van der Waals surface area (Å²) in [6.45, 7) is 0. The maximum atomic E-state index is 12.5. The van der Waals surface area contributed by atoms with Crippen molar-refractivity contribution in [3.8, 4) is 5.75 Å². The van der Waals surface area contributed by atoms with E-state index in [-0.39, 0.29) is 21.3 Å². The summed E-state index contributed by atoms with van der Waals surface area (Å²) in [5.41, 5.74) is 0.890. The molecule has 1 N–H and O–H groups in total. The Balaban J connectivity index is 1.84. The smallest absolute Gasteiger partial charge is 0.286 e. The number of hydrogen-bond acceptors (Lipinski definition) is 7. The lowest BCUT2D eigenvalue weighted by molar-refractivity contribution is -0.385. The number of amides is 1. The SMILES string of the molecule is O=C1/C(=C\c2ccc(O)cc2)SC(=S)N1/N=C/c1ccccc1[N+](=O)[O-]. The Kier molecular flexibility index (Phi) is 5.10. The van der Waals surface area contributed by atoms with Crippen LogP contribution in [0.3, 0.4) is 0 Å². The van der Waals surface area contributed by atoms with Crippen molar-refractivity contribution in [2.45, 2.75) is 0 Å². The van der Waals surface area contributed by atoms with Crippen LogP contribution in [0.15, 0.2) is 58.5 Å². The largest absolute Gasteiger partial charge is 0.508 e. The Labute approximate surface area is 157 Å². The molecule has 1 aliphatic rings. The fraction of sp³-hybridized carbons (Fsp3) is 0. The number of nitrogens with zero attached hydrogens (tertiary/aromatic N) is 3. The lowest BCUT2D eigenvalue weighted by atomic mass is 10.2. The van der Waals surface area contributed by atoms with E-state index in [1.165, 1.54) is 30.5 Å². The number of rotatable bonds is 4. The van der Waals surface area contributed by atoms with Gasteiger partial charge in [-0.3, -0.25) is 14.9 Å². The molecule has 0 unspecified atom stereocenters. The summed E-state index contributed by atoms with van der Waals surface area (Å²) in [4.78, 5) is 23.4. The van der Waals surface area contributed by atoms with Crippen LogP contribution in [0.5, 0.6) is 5.75 Å². The zero-order valence-corrected chi connectivity index (χ0v) is 14.7. The molecule has 1 saturated heterocycles. The van der Waals surface area contributed by atoms with Gasteiger partial charge in [0.05, 0.1) is 21.6 Å². The standard InChI is InChI=1S/C17H11N3O4S2/c21-13-7-5-11(6-8-13)9-15-16(22)19(17(25)26-15)18-10-12-3-1-2-4-14(12)20(23)24/h1-10,21H/b15-9+,18-10+. The molecule has 0 saturated carbocycles. The number of carbonyl (C=O) groups excluding carboxylic acids is 1. The van der Waals surface area contributed by atoms with E-state index in [1.54, 1.807) is 30.3 Å². The normalized spacial score (nSPS) is 16.0. The first-order chi connectivity index (χ1) is 12.5. The zero-order chi connectivity index (χ0) is 18.7. The van der Waals surface area contributed by atoms with Crippen LogP contribution in [0.1, 0.15) is 11.1 Å². The van der Waals surface area contributed by atoms with Gasteiger partial charge in [0, 0.05) is 6.07 Å². The summed E-state index contributed by atoms with van der Waals surface area (Å²) >= 11 is 6.26. The van der Waals surface area contributed by atoms with E-state index >= 15 is 0 Å². The van der Waals surface area contributed by atoms with Gasteiger partial charge >= 0.3 is 0 Å². The van der Waals surface area contributed by atoms with Gasteiger partial charge in [0.2, 0.25) is 0 Å². The van der Waals surface area contributed by atoms with Crippen molar-refractivity contribution in [2.24, 2.45) is 5.10 Å². The molecule has 7 nitrogen and oxygen atoms in total. The molecular formula is C17H11N3O4S2. The molecule has 0 atom stereocenters. The number of carbonyl (C=O) groups is 1. The molecule has 0 radical (unpaired) electrons. The number of aromatic hydroxyl groups is 1. The molecule has 3 rings (SSSR count). The summed E-state index contributed by atoms with van der Waals surface area (Å²) in [6, 6.07) is 12.4. The van der Waals surface area contributed by atoms with Crippen LogP contribution in [0.4, 0.5) is 5.69 Å². The van der Waals surface area contributed by atoms with Crippen molar-refractivity contribution in [1.29, 1.82) is 0 Å². The van der Waals surface area contributed by atoms with Gasteiger partial charge in [0.1, 0.15) is 5.75 Å². The highest BCUT2D eigenvalue weighted by Crippen LogP contribution is 2.33. The van der Waals surface area contributed by atoms with Gasteiger partial charge in [-0.1, -0.05) is 36.0 Å². The first-order valence-electron chi connectivity index (χ1n) is 7.30. The summed E-state index contributed by atoms with van der Waals surface area (Å²) in [5, 5.41) is 25.4. The molecule has 0 bridgehead atoms. The van der Waals surface area contributed by atoms with E-state index in [0.29, 0.717) is 4.91 Å². The van der Waals surface area contributed by atoms with E-state index in [0.717, 1.165) is 22.3 Å². The van der Waals surface area contributed by atoms with E-state index in [9.17, 15) is 20.0 Å². The zero-order valence-electron chi connectivity index (χ0n) is 13.1. The second-order valence-electron chi connectivity index (χ2n) is 5.15. The molecule has 9 heteroatoms. The lowest BCUT2D eigenvalue weighted by Gasteiger charge is -2.06. The number of nitro groups is 1. The number of phenols is 1. The summed E-state index contributed by atoms with van der Waals surface area (Å²) in [7, 11) is 0. The highest BCUT2D eigenvalue weighted by Gasteiger charge is 2.32. The number of phenolic OH excluding ortho intramolecular Hbond substituents is 1. The van der Waals surface area contributed by atoms with Gasteiger partial charge in [-0.15, -0.1) is 0 Å². The van der Waals surface area contributed by atoms with E-state index in [4.69, 9.17) is 12.2 Å². The number of para-hydroxylation sites is 1. The first kappa shape index (κ1) is 17.8. The molecule has 130 valence electrons. The van der Waals surface area contributed by atoms with Gasteiger partial charge in [-0.2, -0.15) is 10.1 Å². The second kappa shape index (κ2) is 7.46. The third kappa shape index (κ3) is 3.79. The maximum Gasteiger partial charge on any atom is 0.286 e. The maximum absolute atomic E-state index is 12.5. The van der Waals surface area contributed by atoms with Crippen LogP contribution < -0.4 is 0 Å². The van der Waals surface area contributed by atoms with Crippen LogP contribution in [0.25, 0.3) is 6.08 Å². The minimum Gasteiger partial charge on any atom is -0.508 e. The summed E-state index contributed by atoms with van der Waals surface area (Å²) in [6.07, 6.45) is 2.88. The Morgan fingerprint density at radius 2 is 1.88 bits per heavy atom. The number of hydrazone groups is 1. The van der Waals surface area contributed by atoms with Crippen molar-refractivity contribution in [3.05, 3.63) is 74.7 Å². The number of thiocarbonyl (C=S) groups is 1. The van der Waals surface area contributed by atoms with Crippen LogP contribution in [-0.2, 0) is 4.79 Å². The topological polar surface area (TPSA) is 96.0 Å². The van der Waals surface area contributed by atoms with Crippen molar-refractivity contribution in [2.75, 3.05) is 0 Å². The van der Waals surface area contributed by atoms with Gasteiger partial charge < -0.3 is 5.11 Å². The summed E-state index contributed by atoms with van der Waals surface area (Å²) < 4.78 is 0.231. The number of benzene rings is 2. The Morgan fingerprint density at radius 1 is 1.19 bits per heavy atom. The van der Waals surface area contributed by atoms with Crippen LogP contribution in [0.2, 0.25) is 0 Å². The highest BCUT2D eigenvalue weighted by atomic mass is 32.2. The molecule has 1 heterocycles. The Hall–Kier alpha value is -3.04. The van der Waals surface area contributed by atoms with Gasteiger partial charge in [-0.05, 0) is 42.1 Å². The minimum absolute atomic E-state index is 0.110. The predicted octanol–water partition coefficient (Wildman–Crippen LogP) is 3.54. The molecule has 2 aromatic carbocycles. The third-order valence-electron chi connectivity index (χ3n) is 3.41. The first-order valence-corrected chi connectivity index (χ1v) is 8.52. The van der Waals surface area contributed by atoms with Crippen LogP contribution >= 0.6 is 24.0 Å². The fourth-order valence-electron chi connectivity index (χ4n) is 2.16. The molecule has 26 heavy (non-hydrogen) atoms. The minimum atomic E-state index is -0.517. The van der Waals surface area contributed by atoms with Crippen molar-refractivity contribution in [3.63, 3.8) is 0 Å². The van der Waals surface area contributed by atoms with Crippen molar-refractivity contribution < 1.29 is 14.8 Å². The van der Waals surface area contributed by atoms with E-state index in [1.807, 2.05) is 0 Å². The monoisotopic (exact) mass is 385 g/mol. The molecule has 0 aromatic heterocycles. The molecular weight excluding hydrogens is 374 g/mol. The van der Waals surface area contributed by atoms with Crippen LogP contribution in [0, 0.1) is 10.1 Å². The van der Waals surface area contributed by atoms with Crippen molar-refractivity contribution in [1.82, 2.24) is 5.01 Å².